The minimum absolute atomic E-state index is 0.0225. The summed E-state index contributed by atoms with van der Waals surface area (Å²) in [6.07, 6.45) is 7.57. The topological polar surface area (TPSA) is 149 Å². The fraction of sp³-hybridized carbons (Fsp3) is 0.500. The lowest BCUT2D eigenvalue weighted by Gasteiger charge is -2.19. The predicted molar refractivity (Wildman–Crippen MR) is 113 cm³/mol. The fourth-order valence-corrected chi connectivity index (χ4v) is 3.47. The minimum atomic E-state index is -1.30. The largest absolute Gasteiger partial charge is 0.480 e. The molecule has 0 aromatic carbocycles. The van der Waals surface area contributed by atoms with Crippen LogP contribution in [0, 0.1) is 0 Å². The van der Waals surface area contributed by atoms with Crippen LogP contribution in [0.1, 0.15) is 51.4 Å². The summed E-state index contributed by atoms with van der Waals surface area (Å²) in [5.74, 6) is -3.95. The lowest BCUT2D eigenvalue weighted by molar-refractivity contribution is -0.152. The van der Waals surface area contributed by atoms with Gasteiger partial charge in [-0.1, -0.05) is 12.8 Å². The van der Waals surface area contributed by atoms with E-state index in [1.54, 1.807) is 0 Å². The molecule has 2 rings (SSSR count). The average Bonchev–Trinajstić information content (AvgIpc) is 3.26. The number of carboxylic acids is 1. The van der Waals surface area contributed by atoms with Gasteiger partial charge in [-0.15, -0.1) is 0 Å². The Bertz CT molecular complexity index is 792. The van der Waals surface area contributed by atoms with Crippen molar-refractivity contribution in [2.75, 3.05) is 19.6 Å². The van der Waals surface area contributed by atoms with Gasteiger partial charge in [0.25, 0.3) is 23.6 Å². The fourth-order valence-electron chi connectivity index (χ4n) is 3.47. The molecule has 0 bridgehead atoms. The first-order valence-corrected chi connectivity index (χ1v) is 10.8. The normalized spacial score (nSPS) is 15.2. The molecule has 2 aliphatic rings. The van der Waals surface area contributed by atoms with Crippen LogP contribution in [0.2, 0.25) is 0 Å². The molecule has 0 aliphatic carbocycles. The molecule has 33 heavy (non-hydrogen) atoms. The first-order chi connectivity index (χ1) is 15.7. The SMILES string of the molecule is O=C(O)CN(C(=O)CCCCCN1C(=O)C=CC1=O)C(=O)CCCCCN1C(=O)C=CC1=O. The Morgan fingerprint density at radius 1 is 0.636 bits per heavy atom. The van der Waals surface area contributed by atoms with Crippen molar-refractivity contribution in [2.24, 2.45) is 0 Å². The minimum Gasteiger partial charge on any atom is -0.480 e. The highest BCUT2D eigenvalue weighted by Gasteiger charge is 2.25. The quantitative estimate of drug-likeness (QED) is 0.288. The summed E-state index contributed by atoms with van der Waals surface area (Å²) in [5, 5.41) is 9.05. The third kappa shape index (κ3) is 7.78. The van der Waals surface area contributed by atoms with Crippen molar-refractivity contribution in [3.05, 3.63) is 24.3 Å². The van der Waals surface area contributed by atoms with Gasteiger partial charge in [-0.3, -0.25) is 48.3 Å². The maximum Gasteiger partial charge on any atom is 0.323 e. The second-order valence-corrected chi connectivity index (χ2v) is 7.71. The Hall–Kier alpha value is -3.63. The van der Waals surface area contributed by atoms with Gasteiger partial charge in [0, 0.05) is 50.2 Å². The number of hydrogen-bond donors (Lipinski definition) is 1. The lowest BCUT2D eigenvalue weighted by Crippen LogP contribution is -2.40. The van der Waals surface area contributed by atoms with Gasteiger partial charge in [0.05, 0.1) is 0 Å². The van der Waals surface area contributed by atoms with Crippen LogP contribution in [0.15, 0.2) is 24.3 Å². The van der Waals surface area contributed by atoms with E-state index in [0.717, 1.165) is 14.7 Å². The smallest absolute Gasteiger partial charge is 0.323 e. The molecule has 2 heterocycles. The molecular formula is C22H27N3O8. The van der Waals surface area contributed by atoms with Crippen LogP contribution in [0.3, 0.4) is 0 Å². The van der Waals surface area contributed by atoms with Crippen molar-refractivity contribution in [2.45, 2.75) is 51.4 Å². The predicted octanol–water partition coefficient (Wildman–Crippen LogP) is 0.397. The average molecular weight is 461 g/mol. The second kappa shape index (κ2) is 12.4. The molecule has 0 fully saturated rings. The molecule has 0 radical (unpaired) electrons. The van der Waals surface area contributed by atoms with Crippen LogP contribution in [0.4, 0.5) is 0 Å². The zero-order valence-corrected chi connectivity index (χ0v) is 18.2. The summed E-state index contributed by atoms with van der Waals surface area (Å²) in [5.41, 5.74) is 0. The van der Waals surface area contributed by atoms with Gasteiger partial charge in [0.1, 0.15) is 6.54 Å². The third-order valence-corrected chi connectivity index (χ3v) is 5.24. The number of hydrogen-bond acceptors (Lipinski definition) is 7. The van der Waals surface area contributed by atoms with Crippen molar-refractivity contribution in [3.63, 3.8) is 0 Å². The number of carbonyl (C=O) groups excluding carboxylic acids is 6. The molecule has 6 amide bonds. The summed E-state index contributed by atoms with van der Waals surface area (Å²) in [4.78, 5) is 84.7. The number of aliphatic carboxylic acids is 1. The molecule has 0 unspecified atom stereocenters. The number of imide groups is 3. The van der Waals surface area contributed by atoms with Crippen molar-refractivity contribution in [1.29, 1.82) is 0 Å². The van der Waals surface area contributed by atoms with Crippen molar-refractivity contribution in [1.82, 2.24) is 14.7 Å². The maximum atomic E-state index is 12.4. The van der Waals surface area contributed by atoms with E-state index in [9.17, 15) is 33.6 Å². The van der Waals surface area contributed by atoms with E-state index < -0.39 is 24.3 Å². The van der Waals surface area contributed by atoms with E-state index >= 15 is 0 Å². The summed E-state index contributed by atoms with van der Waals surface area (Å²) >= 11 is 0. The van der Waals surface area contributed by atoms with E-state index in [1.165, 1.54) is 24.3 Å². The van der Waals surface area contributed by atoms with E-state index in [2.05, 4.69) is 0 Å². The summed E-state index contributed by atoms with van der Waals surface area (Å²) in [7, 11) is 0. The first-order valence-electron chi connectivity index (χ1n) is 10.8. The maximum absolute atomic E-state index is 12.4. The Balaban J connectivity index is 1.67. The van der Waals surface area contributed by atoms with Crippen LogP contribution < -0.4 is 0 Å². The van der Waals surface area contributed by atoms with Gasteiger partial charge in [0.15, 0.2) is 0 Å². The van der Waals surface area contributed by atoms with Crippen LogP contribution in [-0.2, 0) is 33.6 Å². The molecule has 0 atom stereocenters. The van der Waals surface area contributed by atoms with Crippen molar-refractivity contribution < 1.29 is 38.7 Å². The van der Waals surface area contributed by atoms with Gasteiger partial charge < -0.3 is 5.11 Å². The molecular weight excluding hydrogens is 434 g/mol. The monoisotopic (exact) mass is 461 g/mol. The Labute approximate surface area is 190 Å². The van der Waals surface area contributed by atoms with Crippen LogP contribution in [0.5, 0.6) is 0 Å². The summed E-state index contributed by atoms with van der Waals surface area (Å²) in [6, 6.07) is 0. The first kappa shape index (κ1) is 25.6. The highest BCUT2D eigenvalue weighted by molar-refractivity contribution is 6.13. The van der Waals surface area contributed by atoms with Crippen LogP contribution >= 0.6 is 0 Å². The number of nitrogens with zero attached hydrogens (tertiary/aromatic N) is 3. The Morgan fingerprint density at radius 2 is 1.00 bits per heavy atom. The van der Waals surface area contributed by atoms with Gasteiger partial charge in [0.2, 0.25) is 11.8 Å². The number of carboxylic acid groups (broad SMARTS) is 1. The van der Waals surface area contributed by atoms with Crippen molar-refractivity contribution in [3.8, 4) is 0 Å². The number of unbranched alkanes of at least 4 members (excludes halogenated alkanes) is 4. The molecule has 0 saturated heterocycles. The molecule has 0 saturated carbocycles. The highest BCUT2D eigenvalue weighted by Crippen LogP contribution is 2.12. The highest BCUT2D eigenvalue weighted by atomic mass is 16.4. The number of rotatable bonds is 14. The Morgan fingerprint density at radius 3 is 1.33 bits per heavy atom. The molecule has 11 nitrogen and oxygen atoms in total. The van der Waals surface area contributed by atoms with Crippen molar-refractivity contribution >= 4 is 41.4 Å². The number of amides is 6. The molecule has 0 aromatic rings. The van der Waals surface area contributed by atoms with Crippen LogP contribution in [0.25, 0.3) is 0 Å². The molecule has 2 aliphatic heterocycles. The van der Waals surface area contributed by atoms with E-state index in [0.29, 0.717) is 38.5 Å². The van der Waals surface area contributed by atoms with Gasteiger partial charge in [-0.25, -0.2) is 0 Å². The van der Waals surface area contributed by atoms with E-state index in [-0.39, 0.29) is 49.6 Å². The zero-order valence-electron chi connectivity index (χ0n) is 18.2. The second-order valence-electron chi connectivity index (χ2n) is 7.71. The molecule has 1 N–H and O–H groups in total. The third-order valence-electron chi connectivity index (χ3n) is 5.24. The van der Waals surface area contributed by atoms with E-state index in [4.69, 9.17) is 5.11 Å². The molecule has 11 heteroatoms. The number of carbonyl (C=O) groups is 7. The van der Waals surface area contributed by atoms with Crippen LogP contribution in [-0.4, -0.2) is 80.9 Å². The molecule has 178 valence electrons. The molecule has 0 spiro atoms. The zero-order chi connectivity index (χ0) is 24.4. The lowest BCUT2D eigenvalue weighted by atomic mass is 10.1. The summed E-state index contributed by atoms with van der Waals surface area (Å²) in [6.45, 7) is -0.245. The molecule has 0 aromatic heterocycles. The van der Waals surface area contributed by atoms with Gasteiger partial charge in [-0.2, -0.15) is 0 Å². The Kier molecular flexibility index (Phi) is 9.64. The standard InChI is InChI=1S/C22H27N3O8/c26-16(7-3-1-5-13-23-18(28)9-10-19(23)29)25(15-22(32)33)17(27)8-4-2-6-14-24-20(30)11-12-21(24)31/h9-12H,1-8,13-15H2,(H,32,33). The van der Waals surface area contributed by atoms with Gasteiger partial charge >= 0.3 is 5.97 Å². The van der Waals surface area contributed by atoms with E-state index in [1.807, 2.05) is 0 Å². The van der Waals surface area contributed by atoms with Gasteiger partial charge in [-0.05, 0) is 25.7 Å². The summed E-state index contributed by atoms with van der Waals surface area (Å²) < 4.78 is 0.